The van der Waals surface area contributed by atoms with Crippen molar-refractivity contribution in [2.75, 3.05) is 6.54 Å². The van der Waals surface area contributed by atoms with Crippen LogP contribution in [0, 0.1) is 0 Å². The lowest BCUT2D eigenvalue weighted by Crippen LogP contribution is -2.39. The molecule has 3 rings (SSSR count). The molecule has 1 aromatic rings. The van der Waals surface area contributed by atoms with Gasteiger partial charge in [-0.2, -0.15) is 0 Å². The minimum Gasteiger partial charge on any atom is -0.351 e. The zero-order valence-corrected chi connectivity index (χ0v) is 9.10. The Morgan fingerprint density at radius 1 is 1.50 bits per heavy atom. The Bertz CT molecular complexity index is 426. The highest BCUT2D eigenvalue weighted by molar-refractivity contribution is 9.10. The number of pyridine rings is 1. The van der Waals surface area contributed by atoms with Crippen molar-refractivity contribution in [2.45, 2.75) is 18.3 Å². The summed E-state index contributed by atoms with van der Waals surface area (Å²) in [5.74, 6) is 0.0284. The summed E-state index contributed by atoms with van der Waals surface area (Å²) in [6.07, 6.45) is 4.18. The molecule has 72 valence electrons. The first-order valence-corrected chi connectivity index (χ1v) is 5.45. The van der Waals surface area contributed by atoms with Crippen LogP contribution in [0.3, 0.4) is 0 Å². The fourth-order valence-corrected chi connectivity index (χ4v) is 2.41. The number of hydrogen-bond donors (Lipinski definition) is 1. The normalized spacial score (nSPS) is 21.6. The molecule has 1 spiro atoms. The smallest absolute Gasteiger partial charge is 0.251 e. The standard InChI is InChI=1S/C10H9BrN2O/c11-8-3-6-7(4-12-8)10(1-2-10)5-13-9(6)14/h3-4H,1-2,5H2,(H,13,14). The van der Waals surface area contributed by atoms with Gasteiger partial charge in [-0.25, -0.2) is 4.98 Å². The van der Waals surface area contributed by atoms with Crippen LogP contribution in [0.2, 0.25) is 0 Å². The van der Waals surface area contributed by atoms with Gasteiger partial charge in [0.1, 0.15) is 4.60 Å². The molecule has 1 aliphatic carbocycles. The number of hydrogen-bond acceptors (Lipinski definition) is 2. The number of halogens is 1. The van der Waals surface area contributed by atoms with Crippen molar-refractivity contribution in [3.63, 3.8) is 0 Å². The highest BCUT2D eigenvalue weighted by Gasteiger charge is 2.49. The molecule has 0 unspecified atom stereocenters. The second-order valence-electron chi connectivity index (χ2n) is 4.02. The number of nitrogens with one attached hydrogen (secondary N) is 1. The number of carbonyl (C=O) groups excluding carboxylic acids is 1. The Morgan fingerprint density at radius 2 is 2.29 bits per heavy atom. The molecule has 1 amide bonds. The van der Waals surface area contributed by atoms with Crippen LogP contribution in [-0.4, -0.2) is 17.4 Å². The van der Waals surface area contributed by atoms with Crippen LogP contribution in [-0.2, 0) is 5.41 Å². The Kier molecular flexibility index (Phi) is 1.54. The molecule has 0 atom stereocenters. The van der Waals surface area contributed by atoms with E-state index in [1.54, 1.807) is 0 Å². The van der Waals surface area contributed by atoms with Gasteiger partial charge in [-0.05, 0) is 40.4 Å². The third-order valence-corrected chi connectivity index (χ3v) is 3.56. The summed E-state index contributed by atoms with van der Waals surface area (Å²) in [6, 6.07) is 1.81. The molecule has 0 saturated heterocycles. The molecule has 1 fully saturated rings. The van der Waals surface area contributed by atoms with E-state index in [-0.39, 0.29) is 11.3 Å². The highest BCUT2D eigenvalue weighted by atomic mass is 79.9. The summed E-state index contributed by atoms with van der Waals surface area (Å²) < 4.78 is 0.726. The molecule has 0 aromatic carbocycles. The Morgan fingerprint density at radius 3 is 3.00 bits per heavy atom. The lowest BCUT2D eigenvalue weighted by Gasteiger charge is -2.24. The Balaban J connectivity index is 2.21. The summed E-state index contributed by atoms with van der Waals surface area (Å²) in [5, 5.41) is 2.93. The van der Waals surface area contributed by atoms with Gasteiger partial charge < -0.3 is 5.32 Å². The van der Waals surface area contributed by atoms with Crippen LogP contribution in [0.25, 0.3) is 0 Å². The predicted molar refractivity (Wildman–Crippen MR) is 55.2 cm³/mol. The van der Waals surface area contributed by atoms with Crippen molar-refractivity contribution < 1.29 is 4.79 Å². The van der Waals surface area contributed by atoms with E-state index >= 15 is 0 Å². The van der Waals surface area contributed by atoms with Gasteiger partial charge in [0.2, 0.25) is 0 Å². The predicted octanol–water partition coefficient (Wildman–Crippen LogP) is 1.62. The van der Waals surface area contributed by atoms with E-state index in [9.17, 15) is 4.79 Å². The molecule has 1 N–H and O–H groups in total. The summed E-state index contributed by atoms with van der Waals surface area (Å²) >= 11 is 3.28. The number of amides is 1. The fourth-order valence-electron chi connectivity index (χ4n) is 2.08. The van der Waals surface area contributed by atoms with Gasteiger partial charge in [-0.15, -0.1) is 0 Å². The van der Waals surface area contributed by atoms with Gasteiger partial charge in [-0.1, -0.05) is 0 Å². The average molecular weight is 253 g/mol. The van der Waals surface area contributed by atoms with Gasteiger partial charge >= 0.3 is 0 Å². The monoisotopic (exact) mass is 252 g/mol. The topological polar surface area (TPSA) is 42.0 Å². The minimum absolute atomic E-state index is 0.0284. The number of fused-ring (bicyclic) bond motifs is 2. The molecule has 1 saturated carbocycles. The average Bonchev–Trinajstić information content (AvgIpc) is 2.93. The molecule has 2 heterocycles. The van der Waals surface area contributed by atoms with Crippen molar-refractivity contribution >= 4 is 21.8 Å². The molecule has 14 heavy (non-hydrogen) atoms. The highest BCUT2D eigenvalue weighted by Crippen LogP contribution is 2.50. The molecule has 1 aromatic heterocycles. The van der Waals surface area contributed by atoms with Crippen molar-refractivity contribution in [3.8, 4) is 0 Å². The molecule has 4 heteroatoms. The lowest BCUT2D eigenvalue weighted by molar-refractivity contribution is 0.0937. The third kappa shape index (κ3) is 1.03. The quantitative estimate of drug-likeness (QED) is 0.714. The van der Waals surface area contributed by atoms with E-state index in [1.807, 2.05) is 12.3 Å². The molecule has 0 bridgehead atoms. The van der Waals surface area contributed by atoms with Crippen LogP contribution < -0.4 is 5.32 Å². The van der Waals surface area contributed by atoms with E-state index in [2.05, 4.69) is 26.2 Å². The minimum atomic E-state index is 0.0284. The van der Waals surface area contributed by atoms with Crippen LogP contribution >= 0.6 is 15.9 Å². The van der Waals surface area contributed by atoms with Crippen molar-refractivity contribution in [3.05, 3.63) is 28.0 Å². The van der Waals surface area contributed by atoms with E-state index in [4.69, 9.17) is 0 Å². The second-order valence-corrected chi connectivity index (χ2v) is 4.83. The first-order valence-electron chi connectivity index (χ1n) is 4.66. The first kappa shape index (κ1) is 8.41. The van der Waals surface area contributed by atoms with Crippen LogP contribution in [0.1, 0.15) is 28.8 Å². The maximum atomic E-state index is 11.6. The SMILES string of the molecule is O=C1NCC2(CC2)c2cnc(Br)cc21. The van der Waals surface area contributed by atoms with Gasteiger partial charge in [-0.3, -0.25) is 4.79 Å². The van der Waals surface area contributed by atoms with E-state index in [0.717, 1.165) is 22.3 Å². The summed E-state index contributed by atoms with van der Waals surface area (Å²) in [5.41, 5.74) is 2.14. The van der Waals surface area contributed by atoms with Crippen LogP contribution in [0.15, 0.2) is 16.9 Å². The fraction of sp³-hybridized carbons (Fsp3) is 0.400. The van der Waals surface area contributed by atoms with Gasteiger partial charge in [0.25, 0.3) is 5.91 Å². The summed E-state index contributed by atoms with van der Waals surface area (Å²) in [4.78, 5) is 15.8. The Labute approximate surface area is 90.0 Å². The summed E-state index contributed by atoms with van der Waals surface area (Å²) in [7, 11) is 0. The zero-order chi connectivity index (χ0) is 9.76. The van der Waals surface area contributed by atoms with Crippen molar-refractivity contribution in [1.29, 1.82) is 0 Å². The second kappa shape index (κ2) is 2.57. The molecule has 0 radical (unpaired) electrons. The molecule has 1 aliphatic heterocycles. The molecule has 2 aliphatic rings. The van der Waals surface area contributed by atoms with E-state index < -0.39 is 0 Å². The number of rotatable bonds is 0. The van der Waals surface area contributed by atoms with Crippen LogP contribution in [0.4, 0.5) is 0 Å². The molecule has 3 nitrogen and oxygen atoms in total. The largest absolute Gasteiger partial charge is 0.351 e. The first-order chi connectivity index (χ1) is 6.71. The van der Waals surface area contributed by atoms with Gasteiger partial charge in [0, 0.05) is 23.7 Å². The third-order valence-electron chi connectivity index (χ3n) is 3.13. The Hall–Kier alpha value is -0.900. The van der Waals surface area contributed by atoms with Crippen molar-refractivity contribution in [1.82, 2.24) is 10.3 Å². The van der Waals surface area contributed by atoms with Gasteiger partial charge in [0.05, 0.1) is 0 Å². The number of carbonyl (C=O) groups is 1. The lowest BCUT2D eigenvalue weighted by atomic mass is 9.89. The molecular formula is C10H9BrN2O. The molecular weight excluding hydrogens is 244 g/mol. The zero-order valence-electron chi connectivity index (χ0n) is 7.51. The van der Waals surface area contributed by atoms with Gasteiger partial charge in [0.15, 0.2) is 0 Å². The van der Waals surface area contributed by atoms with Crippen molar-refractivity contribution in [2.24, 2.45) is 0 Å². The summed E-state index contributed by atoms with van der Waals surface area (Å²) in [6.45, 7) is 0.780. The maximum absolute atomic E-state index is 11.6. The maximum Gasteiger partial charge on any atom is 0.251 e. The van der Waals surface area contributed by atoms with Crippen LogP contribution in [0.5, 0.6) is 0 Å². The van der Waals surface area contributed by atoms with E-state index in [1.165, 1.54) is 12.8 Å². The number of nitrogens with zero attached hydrogens (tertiary/aromatic N) is 1. The van der Waals surface area contributed by atoms with E-state index in [0.29, 0.717) is 0 Å². The number of aromatic nitrogens is 1.